The Morgan fingerprint density at radius 2 is 2.10 bits per heavy atom. The molecule has 0 amide bonds. The average molecular weight is 294 g/mol. The van der Waals surface area contributed by atoms with Crippen LogP contribution in [-0.2, 0) is 17.8 Å². The number of rotatable bonds is 11. The van der Waals surface area contributed by atoms with Gasteiger partial charge in [0.05, 0.1) is 19.7 Å². The third kappa shape index (κ3) is 7.11. The van der Waals surface area contributed by atoms with Crippen molar-refractivity contribution in [3.8, 4) is 0 Å². The zero-order valence-electron chi connectivity index (χ0n) is 13.7. The molecule has 1 saturated carbocycles. The van der Waals surface area contributed by atoms with Gasteiger partial charge in [-0.1, -0.05) is 13.8 Å². The summed E-state index contributed by atoms with van der Waals surface area (Å²) in [6, 6.07) is 4.15. The predicted octanol–water partition coefficient (Wildman–Crippen LogP) is 2.88. The molecule has 0 saturated heterocycles. The number of furan rings is 1. The summed E-state index contributed by atoms with van der Waals surface area (Å²) in [5.74, 6) is 3.56. The summed E-state index contributed by atoms with van der Waals surface area (Å²) in [6.45, 7) is 9.81. The van der Waals surface area contributed by atoms with Gasteiger partial charge in [-0.3, -0.25) is 4.90 Å². The van der Waals surface area contributed by atoms with Crippen LogP contribution in [0, 0.1) is 11.8 Å². The molecule has 0 aliphatic heterocycles. The molecule has 0 unspecified atom stereocenters. The van der Waals surface area contributed by atoms with E-state index in [4.69, 9.17) is 9.15 Å². The molecule has 0 radical (unpaired) electrons. The van der Waals surface area contributed by atoms with Crippen LogP contribution in [0.2, 0.25) is 0 Å². The summed E-state index contributed by atoms with van der Waals surface area (Å²) in [5.41, 5.74) is 0. The summed E-state index contributed by atoms with van der Waals surface area (Å²) < 4.78 is 11.5. The monoisotopic (exact) mass is 294 g/mol. The van der Waals surface area contributed by atoms with E-state index in [1.165, 1.54) is 12.8 Å². The van der Waals surface area contributed by atoms with Gasteiger partial charge in [0.25, 0.3) is 0 Å². The van der Waals surface area contributed by atoms with E-state index >= 15 is 0 Å². The van der Waals surface area contributed by atoms with E-state index < -0.39 is 0 Å². The minimum absolute atomic E-state index is 0.668. The normalized spacial score (nSPS) is 15.3. The Hall–Kier alpha value is -0.840. The van der Waals surface area contributed by atoms with Crippen LogP contribution >= 0.6 is 0 Å². The van der Waals surface area contributed by atoms with E-state index in [2.05, 4.69) is 43.2 Å². The molecule has 21 heavy (non-hydrogen) atoms. The zero-order chi connectivity index (χ0) is 15.1. The number of hydrogen-bond acceptors (Lipinski definition) is 4. The summed E-state index contributed by atoms with van der Waals surface area (Å²) in [5, 5.41) is 3.40. The molecule has 1 aromatic heterocycles. The van der Waals surface area contributed by atoms with Crippen molar-refractivity contribution in [2.45, 2.75) is 39.8 Å². The molecule has 1 aliphatic rings. The molecule has 4 heteroatoms. The molecule has 120 valence electrons. The van der Waals surface area contributed by atoms with E-state index in [1.54, 1.807) is 0 Å². The second-order valence-electron chi connectivity index (χ2n) is 6.65. The molecule has 2 rings (SSSR count). The lowest BCUT2D eigenvalue weighted by Crippen LogP contribution is -2.23. The first kappa shape index (κ1) is 16.5. The van der Waals surface area contributed by atoms with Crippen molar-refractivity contribution in [3.05, 3.63) is 23.7 Å². The minimum atomic E-state index is 0.668. The van der Waals surface area contributed by atoms with Gasteiger partial charge in [0.15, 0.2) is 0 Å². The van der Waals surface area contributed by atoms with Crippen LogP contribution < -0.4 is 5.32 Å². The summed E-state index contributed by atoms with van der Waals surface area (Å²) in [7, 11) is 2.11. The van der Waals surface area contributed by atoms with Crippen molar-refractivity contribution in [2.75, 3.05) is 33.4 Å². The highest BCUT2D eigenvalue weighted by molar-refractivity contribution is 5.07. The van der Waals surface area contributed by atoms with Crippen LogP contribution in [0.1, 0.15) is 38.2 Å². The van der Waals surface area contributed by atoms with E-state index in [-0.39, 0.29) is 0 Å². The maximum Gasteiger partial charge on any atom is 0.118 e. The molecule has 1 N–H and O–H groups in total. The lowest BCUT2D eigenvalue weighted by Gasteiger charge is -2.15. The molecule has 0 atom stereocenters. The fraction of sp³-hybridized carbons (Fsp3) is 0.765. The molecule has 1 aromatic rings. The number of nitrogens with zero attached hydrogens (tertiary/aromatic N) is 1. The highest BCUT2D eigenvalue weighted by Crippen LogP contribution is 2.28. The van der Waals surface area contributed by atoms with E-state index in [0.717, 1.165) is 56.8 Å². The van der Waals surface area contributed by atoms with Crippen LogP contribution in [0.15, 0.2) is 16.5 Å². The van der Waals surface area contributed by atoms with Crippen molar-refractivity contribution >= 4 is 0 Å². The van der Waals surface area contributed by atoms with Gasteiger partial charge >= 0.3 is 0 Å². The third-order valence-electron chi connectivity index (χ3n) is 3.66. The Morgan fingerprint density at radius 3 is 2.81 bits per heavy atom. The van der Waals surface area contributed by atoms with Crippen LogP contribution in [0.25, 0.3) is 0 Å². The lowest BCUT2D eigenvalue weighted by atomic mass is 10.2. The van der Waals surface area contributed by atoms with Gasteiger partial charge in [0.2, 0.25) is 0 Å². The van der Waals surface area contributed by atoms with Gasteiger partial charge in [-0.15, -0.1) is 0 Å². The van der Waals surface area contributed by atoms with Crippen molar-refractivity contribution < 1.29 is 9.15 Å². The largest absolute Gasteiger partial charge is 0.463 e. The van der Waals surface area contributed by atoms with Gasteiger partial charge in [0, 0.05) is 13.2 Å². The molecule has 1 heterocycles. The number of ether oxygens (including phenoxy) is 1. The summed E-state index contributed by atoms with van der Waals surface area (Å²) >= 11 is 0. The second kappa shape index (κ2) is 8.57. The quantitative estimate of drug-likeness (QED) is 0.637. The Bertz CT molecular complexity index is 399. The number of likely N-dealkylation sites (N-methyl/N-ethyl adjacent to an activating group) is 1. The van der Waals surface area contributed by atoms with Crippen molar-refractivity contribution in [1.82, 2.24) is 10.2 Å². The van der Waals surface area contributed by atoms with Crippen LogP contribution in [0.3, 0.4) is 0 Å². The second-order valence-corrected chi connectivity index (χ2v) is 6.65. The molecule has 1 fully saturated rings. The van der Waals surface area contributed by atoms with Gasteiger partial charge in [0.1, 0.15) is 11.5 Å². The number of hydrogen-bond donors (Lipinski definition) is 1. The van der Waals surface area contributed by atoms with Gasteiger partial charge in [-0.25, -0.2) is 0 Å². The van der Waals surface area contributed by atoms with E-state index in [0.29, 0.717) is 5.92 Å². The Morgan fingerprint density at radius 1 is 1.33 bits per heavy atom. The molecule has 4 nitrogen and oxygen atoms in total. The maximum atomic E-state index is 5.85. The molecular formula is C17H30N2O2. The van der Waals surface area contributed by atoms with Crippen molar-refractivity contribution in [2.24, 2.45) is 11.8 Å². The van der Waals surface area contributed by atoms with Gasteiger partial charge in [-0.05, 0) is 50.4 Å². The Kier molecular flexibility index (Phi) is 6.74. The summed E-state index contributed by atoms with van der Waals surface area (Å²) in [6.07, 6.45) is 2.71. The fourth-order valence-corrected chi connectivity index (χ4v) is 2.19. The Balaban J connectivity index is 1.58. The maximum absolute atomic E-state index is 5.85. The minimum Gasteiger partial charge on any atom is -0.463 e. The summed E-state index contributed by atoms with van der Waals surface area (Å²) in [4.78, 5) is 2.25. The van der Waals surface area contributed by atoms with E-state index in [1.807, 2.05) is 0 Å². The first-order valence-electron chi connectivity index (χ1n) is 8.18. The zero-order valence-corrected chi connectivity index (χ0v) is 13.7. The van der Waals surface area contributed by atoms with Crippen LogP contribution in [0.5, 0.6) is 0 Å². The topological polar surface area (TPSA) is 37.6 Å². The smallest absolute Gasteiger partial charge is 0.118 e. The Labute approximate surface area is 128 Å². The van der Waals surface area contributed by atoms with Crippen molar-refractivity contribution in [1.29, 1.82) is 0 Å². The van der Waals surface area contributed by atoms with Crippen molar-refractivity contribution in [3.63, 3.8) is 0 Å². The highest BCUT2D eigenvalue weighted by Gasteiger charge is 2.20. The standard InChI is InChI=1S/C17H30N2O2/c1-14(2)10-18-11-16-6-7-17(21-16)12-19(3)8-9-20-13-15-4-5-15/h6-7,14-15,18H,4-5,8-13H2,1-3H3. The molecular weight excluding hydrogens is 264 g/mol. The van der Waals surface area contributed by atoms with Gasteiger partial charge < -0.3 is 14.5 Å². The molecule has 0 aromatic carbocycles. The average Bonchev–Trinajstić information content (AvgIpc) is 3.15. The van der Waals surface area contributed by atoms with Crippen LogP contribution in [0.4, 0.5) is 0 Å². The highest BCUT2D eigenvalue weighted by atomic mass is 16.5. The molecule has 0 spiro atoms. The first-order chi connectivity index (χ1) is 10.1. The SMILES string of the molecule is CC(C)CNCc1ccc(CN(C)CCOCC2CC2)o1. The molecule has 0 bridgehead atoms. The predicted molar refractivity (Wildman–Crippen MR) is 85.1 cm³/mol. The van der Waals surface area contributed by atoms with E-state index in [9.17, 15) is 0 Å². The third-order valence-corrected chi connectivity index (χ3v) is 3.66. The van der Waals surface area contributed by atoms with Crippen LogP contribution in [-0.4, -0.2) is 38.3 Å². The number of nitrogens with one attached hydrogen (secondary N) is 1. The van der Waals surface area contributed by atoms with Gasteiger partial charge in [-0.2, -0.15) is 0 Å². The molecule has 1 aliphatic carbocycles. The first-order valence-corrected chi connectivity index (χ1v) is 8.18. The lowest BCUT2D eigenvalue weighted by molar-refractivity contribution is 0.0999. The fourth-order valence-electron chi connectivity index (χ4n) is 2.19.